The maximum absolute atomic E-state index is 12.1. The largest absolute Gasteiger partial charge is 0.481 e. The fourth-order valence-corrected chi connectivity index (χ4v) is 3.89. The van der Waals surface area contributed by atoms with E-state index in [2.05, 4.69) is 5.16 Å². The number of likely N-dealkylation sites (tertiary alicyclic amines) is 1. The van der Waals surface area contributed by atoms with Crippen LogP contribution in [0.5, 0.6) is 0 Å². The van der Waals surface area contributed by atoms with Crippen molar-refractivity contribution in [3.63, 3.8) is 0 Å². The van der Waals surface area contributed by atoms with Crippen LogP contribution in [-0.2, 0) is 14.4 Å². The van der Waals surface area contributed by atoms with Crippen molar-refractivity contribution in [2.24, 2.45) is 10.6 Å². The molecule has 0 unspecified atom stereocenters. The molecule has 1 aromatic carbocycles. The van der Waals surface area contributed by atoms with Crippen molar-refractivity contribution in [3.05, 3.63) is 35.4 Å². The quantitative estimate of drug-likeness (QED) is 0.877. The van der Waals surface area contributed by atoms with Gasteiger partial charge in [-0.25, -0.2) is 0 Å². The summed E-state index contributed by atoms with van der Waals surface area (Å²) in [5.74, 6) is -0.835. The van der Waals surface area contributed by atoms with E-state index in [0.717, 1.165) is 11.3 Å². The molecule has 0 radical (unpaired) electrons. The summed E-state index contributed by atoms with van der Waals surface area (Å²) >= 11 is 0. The Kier molecular flexibility index (Phi) is 5.30. The van der Waals surface area contributed by atoms with Gasteiger partial charge < -0.3 is 14.8 Å². The lowest BCUT2D eigenvalue weighted by molar-refractivity contribution is -0.158. The lowest BCUT2D eigenvalue weighted by atomic mass is 9.74. The zero-order valence-electron chi connectivity index (χ0n) is 15.4. The smallest absolute Gasteiger partial charge is 0.311 e. The van der Waals surface area contributed by atoms with E-state index in [-0.39, 0.29) is 18.6 Å². The molecule has 140 valence electrons. The number of amides is 1. The Morgan fingerprint density at radius 1 is 1.35 bits per heavy atom. The Labute approximate surface area is 153 Å². The van der Waals surface area contributed by atoms with Gasteiger partial charge in [0.1, 0.15) is 6.10 Å². The van der Waals surface area contributed by atoms with Crippen LogP contribution in [0.3, 0.4) is 0 Å². The van der Waals surface area contributed by atoms with Crippen molar-refractivity contribution in [1.29, 1.82) is 0 Å². The van der Waals surface area contributed by atoms with Gasteiger partial charge >= 0.3 is 5.97 Å². The Morgan fingerprint density at radius 2 is 2.08 bits per heavy atom. The summed E-state index contributed by atoms with van der Waals surface area (Å²) in [6.07, 6.45) is 2.37. The molecule has 2 heterocycles. The fourth-order valence-electron chi connectivity index (χ4n) is 3.89. The second-order valence-electron chi connectivity index (χ2n) is 7.40. The summed E-state index contributed by atoms with van der Waals surface area (Å²) in [5.41, 5.74) is 2.09. The van der Waals surface area contributed by atoms with Crippen LogP contribution in [0.1, 0.15) is 50.2 Å². The Balaban J connectivity index is 1.69. The van der Waals surface area contributed by atoms with Gasteiger partial charge in [-0.2, -0.15) is 0 Å². The summed E-state index contributed by atoms with van der Waals surface area (Å²) in [4.78, 5) is 31.4. The molecule has 0 saturated carbocycles. The van der Waals surface area contributed by atoms with Gasteiger partial charge in [0.2, 0.25) is 5.91 Å². The summed E-state index contributed by atoms with van der Waals surface area (Å²) in [7, 11) is 0. The second kappa shape index (κ2) is 7.48. The van der Waals surface area contributed by atoms with Crippen molar-refractivity contribution >= 4 is 17.6 Å². The normalized spacial score (nSPS) is 25.5. The molecule has 0 bridgehead atoms. The van der Waals surface area contributed by atoms with Crippen LogP contribution in [0.2, 0.25) is 0 Å². The average molecular weight is 358 g/mol. The summed E-state index contributed by atoms with van der Waals surface area (Å²) in [5, 5.41) is 14.1. The second-order valence-corrected chi connectivity index (χ2v) is 7.40. The number of nitrogens with zero attached hydrogens (tertiary/aromatic N) is 2. The Hall–Kier alpha value is -2.37. The van der Waals surface area contributed by atoms with Gasteiger partial charge in [0.25, 0.3) is 0 Å². The van der Waals surface area contributed by atoms with E-state index in [4.69, 9.17) is 4.84 Å². The molecular weight excluding hydrogens is 332 g/mol. The maximum atomic E-state index is 12.1. The molecule has 0 spiro atoms. The zero-order valence-corrected chi connectivity index (χ0v) is 15.4. The van der Waals surface area contributed by atoms with Gasteiger partial charge in [0, 0.05) is 32.4 Å². The lowest BCUT2D eigenvalue weighted by Crippen LogP contribution is -2.51. The van der Waals surface area contributed by atoms with Crippen LogP contribution in [0, 0.1) is 12.3 Å². The topological polar surface area (TPSA) is 79.2 Å². The molecule has 1 N–H and O–H groups in total. The van der Waals surface area contributed by atoms with E-state index in [9.17, 15) is 14.7 Å². The molecule has 1 fully saturated rings. The van der Waals surface area contributed by atoms with Gasteiger partial charge in [-0.05, 0) is 25.3 Å². The van der Waals surface area contributed by atoms with Crippen molar-refractivity contribution in [3.8, 4) is 0 Å². The highest BCUT2D eigenvalue weighted by atomic mass is 16.6. The van der Waals surface area contributed by atoms with Gasteiger partial charge in [-0.15, -0.1) is 0 Å². The predicted molar refractivity (Wildman–Crippen MR) is 98.0 cm³/mol. The molecule has 26 heavy (non-hydrogen) atoms. The number of piperidine rings is 1. The van der Waals surface area contributed by atoms with Gasteiger partial charge in [-0.1, -0.05) is 41.9 Å². The van der Waals surface area contributed by atoms with Crippen molar-refractivity contribution in [2.75, 3.05) is 13.1 Å². The van der Waals surface area contributed by atoms with Crippen molar-refractivity contribution < 1.29 is 19.5 Å². The van der Waals surface area contributed by atoms with Crippen LogP contribution < -0.4 is 0 Å². The molecule has 2 atom stereocenters. The molecule has 2 aliphatic rings. The zero-order chi connectivity index (χ0) is 18.7. The number of rotatable bonds is 5. The van der Waals surface area contributed by atoms with Crippen LogP contribution in [0.15, 0.2) is 29.4 Å². The third-order valence-electron chi connectivity index (χ3n) is 5.42. The third kappa shape index (κ3) is 3.74. The lowest BCUT2D eigenvalue weighted by Gasteiger charge is -2.40. The van der Waals surface area contributed by atoms with Gasteiger partial charge in [-0.3, -0.25) is 9.59 Å². The first kappa shape index (κ1) is 18.4. The monoisotopic (exact) mass is 358 g/mol. The Morgan fingerprint density at radius 3 is 2.73 bits per heavy atom. The fraction of sp³-hybridized carbons (Fsp3) is 0.550. The molecular formula is C20H26N2O4. The number of oxime groups is 1. The molecule has 0 aliphatic carbocycles. The first-order chi connectivity index (χ1) is 12.4. The van der Waals surface area contributed by atoms with E-state index < -0.39 is 11.4 Å². The molecule has 3 rings (SSSR count). The third-order valence-corrected chi connectivity index (χ3v) is 5.42. The minimum absolute atomic E-state index is 0.0132. The molecule has 1 aromatic rings. The first-order valence-corrected chi connectivity index (χ1v) is 9.24. The maximum Gasteiger partial charge on any atom is 0.311 e. The number of carbonyl (C=O) groups is 2. The number of benzene rings is 1. The highest BCUT2D eigenvalue weighted by Crippen LogP contribution is 2.38. The predicted octanol–water partition coefficient (Wildman–Crippen LogP) is 2.98. The van der Waals surface area contributed by atoms with E-state index in [1.807, 2.05) is 31.2 Å². The number of hydrogen-bond acceptors (Lipinski definition) is 4. The van der Waals surface area contributed by atoms with Crippen LogP contribution >= 0.6 is 0 Å². The highest BCUT2D eigenvalue weighted by Gasteiger charge is 2.46. The number of carboxylic acids is 1. The Bertz CT molecular complexity index is 713. The van der Waals surface area contributed by atoms with Crippen LogP contribution in [0.4, 0.5) is 0 Å². The molecule has 2 aliphatic heterocycles. The summed E-state index contributed by atoms with van der Waals surface area (Å²) in [6.45, 7) is 4.73. The molecule has 1 saturated heterocycles. The average Bonchev–Trinajstić information content (AvgIpc) is 3.10. The van der Waals surface area contributed by atoms with E-state index in [1.165, 1.54) is 5.56 Å². The summed E-state index contributed by atoms with van der Waals surface area (Å²) < 4.78 is 0. The minimum Gasteiger partial charge on any atom is -0.481 e. The first-order valence-electron chi connectivity index (χ1n) is 9.24. The molecule has 1 amide bonds. The number of carbonyl (C=O) groups excluding carboxylic acids is 1. The highest BCUT2D eigenvalue weighted by molar-refractivity contribution is 6.01. The van der Waals surface area contributed by atoms with Crippen LogP contribution in [-0.4, -0.2) is 46.8 Å². The minimum atomic E-state index is -0.952. The van der Waals surface area contributed by atoms with Gasteiger partial charge in [0.15, 0.2) is 0 Å². The summed E-state index contributed by atoms with van der Waals surface area (Å²) in [6, 6.07) is 8.07. The van der Waals surface area contributed by atoms with Gasteiger partial charge in [0.05, 0.1) is 11.1 Å². The van der Waals surface area contributed by atoms with E-state index in [1.54, 1.807) is 11.8 Å². The van der Waals surface area contributed by atoms with Crippen molar-refractivity contribution in [2.45, 2.75) is 52.1 Å². The van der Waals surface area contributed by atoms with E-state index in [0.29, 0.717) is 38.6 Å². The van der Waals surface area contributed by atoms with Crippen LogP contribution in [0.25, 0.3) is 0 Å². The number of hydrogen-bond donors (Lipinski definition) is 1. The molecule has 0 aromatic heterocycles. The number of carboxylic acid groups (broad SMARTS) is 1. The number of aliphatic carboxylic acids is 1. The van der Waals surface area contributed by atoms with Crippen molar-refractivity contribution in [1.82, 2.24) is 4.90 Å². The SMILES string of the molecule is CCC(=O)N1CCC[C@](C[C@H]2CC(c3ccc(C)cc3)=NO2)(C(=O)O)C1. The number of aryl methyl sites for hydroxylation is 1. The van der Waals surface area contributed by atoms with E-state index >= 15 is 0 Å². The molecule has 6 nitrogen and oxygen atoms in total. The molecule has 6 heteroatoms. The standard InChI is InChI=1S/C20H26N2O4/c1-3-18(23)22-10-4-9-20(13-22,19(24)25)12-16-11-17(21-26-16)15-7-5-14(2)6-8-15/h5-8,16H,3-4,9-13H2,1-2H3,(H,24,25)/t16-,20-/m1/s1.